The predicted octanol–water partition coefficient (Wildman–Crippen LogP) is 1.88. The van der Waals surface area contributed by atoms with Crippen molar-refractivity contribution in [2.75, 3.05) is 26.7 Å². The molecule has 1 saturated carbocycles. The molecule has 0 bridgehead atoms. The first-order valence-electron chi connectivity index (χ1n) is 7.75. The highest BCUT2D eigenvalue weighted by Crippen LogP contribution is 2.30. The van der Waals surface area contributed by atoms with Gasteiger partial charge in [0, 0.05) is 32.8 Å². The predicted molar refractivity (Wildman–Crippen MR) is 81.7 cm³/mol. The standard InChI is InChI=1S/C17H23N3O/c1-21-16-9-10-20(11-16)13-17(12-18,19-15-7-8-15)14-5-3-2-4-6-14/h2-6,15-16,19H,7-11,13H2,1H3. The highest BCUT2D eigenvalue weighted by atomic mass is 16.5. The summed E-state index contributed by atoms with van der Waals surface area (Å²) in [6, 6.07) is 13.2. The Balaban J connectivity index is 1.80. The second-order valence-electron chi connectivity index (χ2n) is 6.18. The van der Waals surface area contributed by atoms with Crippen LogP contribution in [0.15, 0.2) is 30.3 Å². The molecule has 1 heterocycles. The Hall–Kier alpha value is -1.41. The molecule has 3 rings (SSSR count). The zero-order chi connectivity index (χ0) is 14.7. The quantitative estimate of drug-likeness (QED) is 0.867. The smallest absolute Gasteiger partial charge is 0.145 e. The van der Waals surface area contributed by atoms with Crippen LogP contribution in [-0.4, -0.2) is 43.8 Å². The molecule has 1 aliphatic heterocycles. The molecule has 0 aromatic heterocycles. The maximum atomic E-state index is 9.92. The Morgan fingerprint density at radius 2 is 2.10 bits per heavy atom. The monoisotopic (exact) mass is 285 g/mol. The fourth-order valence-electron chi connectivity index (χ4n) is 3.12. The normalized spacial score (nSPS) is 25.4. The molecule has 2 aliphatic rings. The summed E-state index contributed by atoms with van der Waals surface area (Å²) >= 11 is 0. The summed E-state index contributed by atoms with van der Waals surface area (Å²) in [6.45, 7) is 2.64. The Kier molecular flexibility index (Phi) is 4.25. The average molecular weight is 285 g/mol. The minimum absolute atomic E-state index is 0.304. The molecule has 4 nitrogen and oxygen atoms in total. The van der Waals surface area contributed by atoms with E-state index in [0.29, 0.717) is 12.1 Å². The number of nitrogens with one attached hydrogen (secondary N) is 1. The topological polar surface area (TPSA) is 48.3 Å². The third-order valence-corrected chi connectivity index (χ3v) is 4.51. The van der Waals surface area contributed by atoms with Gasteiger partial charge in [-0.05, 0) is 24.8 Å². The van der Waals surface area contributed by atoms with Crippen molar-refractivity contribution in [3.63, 3.8) is 0 Å². The van der Waals surface area contributed by atoms with Crippen LogP contribution in [0.4, 0.5) is 0 Å². The van der Waals surface area contributed by atoms with Gasteiger partial charge in [0.1, 0.15) is 5.54 Å². The summed E-state index contributed by atoms with van der Waals surface area (Å²) in [4.78, 5) is 2.35. The first-order chi connectivity index (χ1) is 10.3. The Labute approximate surface area is 126 Å². The van der Waals surface area contributed by atoms with Gasteiger partial charge in [0.25, 0.3) is 0 Å². The van der Waals surface area contributed by atoms with E-state index >= 15 is 0 Å². The van der Waals surface area contributed by atoms with Crippen molar-refractivity contribution < 1.29 is 4.74 Å². The van der Waals surface area contributed by atoms with Crippen LogP contribution in [0.1, 0.15) is 24.8 Å². The first kappa shape index (κ1) is 14.5. The van der Waals surface area contributed by atoms with Gasteiger partial charge >= 0.3 is 0 Å². The van der Waals surface area contributed by atoms with Crippen molar-refractivity contribution in [3.05, 3.63) is 35.9 Å². The maximum Gasteiger partial charge on any atom is 0.145 e. The summed E-state index contributed by atoms with van der Waals surface area (Å²) in [5.74, 6) is 0. The van der Waals surface area contributed by atoms with Crippen LogP contribution in [0, 0.1) is 11.3 Å². The van der Waals surface area contributed by atoms with Crippen molar-refractivity contribution in [3.8, 4) is 6.07 Å². The zero-order valence-corrected chi connectivity index (χ0v) is 12.6. The van der Waals surface area contributed by atoms with Gasteiger partial charge in [-0.3, -0.25) is 10.2 Å². The summed E-state index contributed by atoms with van der Waals surface area (Å²) in [5.41, 5.74) is 0.464. The molecule has 0 amide bonds. The Morgan fingerprint density at radius 3 is 2.67 bits per heavy atom. The second-order valence-corrected chi connectivity index (χ2v) is 6.18. The molecular formula is C17H23N3O. The Bertz CT molecular complexity index is 509. The molecule has 4 heteroatoms. The molecule has 1 aromatic carbocycles. The van der Waals surface area contributed by atoms with Crippen LogP contribution >= 0.6 is 0 Å². The lowest BCUT2D eigenvalue weighted by Gasteiger charge is -2.33. The van der Waals surface area contributed by atoms with Crippen molar-refractivity contribution in [2.24, 2.45) is 0 Å². The van der Waals surface area contributed by atoms with Gasteiger partial charge in [-0.1, -0.05) is 30.3 Å². The van der Waals surface area contributed by atoms with Gasteiger partial charge in [0.2, 0.25) is 0 Å². The van der Waals surface area contributed by atoms with Gasteiger partial charge in [-0.25, -0.2) is 0 Å². The van der Waals surface area contributed by atoms with Crippen LogP contribution in [0.3, 0.4) is 0 Å². The number of hydrogen-bond donors (Lipinski definition) is 1. The van der Waals surface area contributed by atoms with E-state index in [4.69, 9.17) is 4.74 Å². The molecule has 2 atom stereocenters. The molecule has 2 unspecified atom stereocenters. The largest absolute Gasteiger partial charge is 0.380 e. The highest BCUT2D eigenvalue weighted by Gasteiger charge is 2.40. The van der Waals surface area contributed by atoms with Gasteiger partial charge in [-0.2, -0.15) is 5.26 Å². The minimum atomic E-state index is -0.606. The molecule has 1 N–H and O–H groups in total. The number of nitrogens with zero attached hydrogens (tertiary/aromatic N) is 2. The van der Waals surface area contributed by atoms with E-state index in [1.54, 1.807) is 7.11 Å². The summed E-state index contributed by atoms with van der Waals surface area (Å²) in [7, 11) is 1.77. The molecule has 2 fully saturated rings. The fraction of sp³-hybridized carbons (Fsp3) is 0.588. The SMILES string of the molecule is COC1CCN(CC(C#N)(NC2CC2)c2ccccc2)C1. The zero-order valence-electron chi connectivity index (χ0n) is 12.6. The summed E-state index contributed by atoms with van der Waals surface area (Å²) < 4.78 is 5.44. The number of ether oxygens (including phenoxy) is 1. The third-order valence-electron chi connectivity index (χ3n) is 4.51. The Morgan fingerprint density at radius 1 is 1.33 bits per heavy atom. The van der Waals surface area contributed by atoms with Crippen LogP contribution in [0.2, 0.25) is 0 Å². The van der Waals surface area contributed by atoms with E-state index in [1.807, 2.05) is 18.2 Å². The van der Waals surface area contributed by atoms with Crippen LogP contribution in [0.5, 0.6) is 0 Å². The maximum absolute atomic E-state index is 9.92. The van der Waals surface area contributed by atoms with E-state index in [1.165, 1.54) is 12.8 Å². The number of rotatable bonds is 6. The van der Waals surface area contributed by atoms with Crippen molar-refractivity contribution in [1.29, 1.82) is 5.26 Å². The van der Waals surface area contributed by atoms with E-state index in [-0.39, 0.29) is 0 Å². The number of methoxy groups -OCH3 is 1. The third kappa shape index (κ3) is 3.26. The van der Waals surface area contributed by atoms with E-state index in [0.717, 1.165) is 31.6 Å². The highest BCUT2D eigenvalue weighted by molar-refractivity contribution is 5.33. The van der Waals surface area contributed by atoms with Gasteiger partial charge in [-0.15, -0.1) is 0 Å². The van der Waals surface area contributed by atoms with Gasteiger partial charge in [0.15, 0.2) is 0 Å². The average Bonchev–Trinajstić information content (AvgIpc) is 3.23. The lowest BCUT2D eigenvalue weighted by atomic mass is 9.90. The summed E-state index contributed by atoms with van der Waals surface area (Å²) in [6.07, 6.45) is 3.71. The molecule has 1 aliphatic carbocycles. The van der Waals surface area contributed by atoms with Gasteiger partial charge in [0.05, 0.1) is 12.2 Å². The number of likely N-dealkylation sites (tertiary alicyclic amines) is 1. The van der Waals surface area contributed by atoms with Crippen molar-refractivity contribution in [2.45, 2.75) is 36.9 Å². The molecule has 21 heavy (non-hydrogen) atoms. The van der Waals surface area contributed by atoms with E-state index < -0.39 is 5.54 Å². The van der Waals surface area contributed by atoms with Gasteiger partial charge < -0.3 is 4.74 Å². The molecular weight excluding hydrogens is 262 g/mol. The fourth-order valence-corrected chi connectivity index (χ4v) is 3.12. The number of nitriles is 1. The first-order valence-corrected chi connectivity index (χ1v) is 7.75. The number of hydrogen-bond acceptors (Lipinski definition) is 4. The van der Waals surface area contributed by atoms with E-state index in [2.05, 4.69) is 28.4 Å². The van der Waals surface area contributed by atoms with Crippen LogP contribution < -0.4 is 5.32 Å². The summed E-state index contributed by atoms with van der Waals surface area (Å²) in [5, 5.41) is 13.5. The lowest BCUT2D eigenvalue weighted by Crippen LogP contribution is -2.50. The lowest BCUT2D eigenvalue weighted by molar-refractivity contribution is 0.104. The molecule has 0 radical (unpaired) electrons. The van der Waals surface area contributed by atoms with Crippen LogP contribution in [0.25, 0.3) is 0 Å². The molecule has 112 valence electrons. The minimum Gasteiger partial charge on any atom is -0.380 e. The molecule has 0 spiro atoms. The molecule has 1 aromatic rings. The van der Waals surface area contributed by atoms with E-state index in [9.17, 15) is 5.26 Å². The molecule has 1 saturated heterocycles. The van der Waals surface area contributed by atoms with Crippen LogP contribution in [-0.2, 0) is 10.3 Å². The number of benzene rings is 1. The second kappa shape index (κ2) is 6.15. The van der Waals surface area contributed by atoms with Crippen molar-refractivity contribution in [1.82, 2.24) is 10.2 Å². The van der Waals surface area contributed by atoms with Crippen molar-refractivity contribution >= 4 is 0 Å².